The molecule has 0 bridgehead atoms. The van der Waals surface area contributed by atoms with E-state index in [1.807, 2.05) is 5.38 Å². The molecule has 0 fully saturated rings. The van der Waals surface area contributed by atoms with E-state index in [-0.39, 0.29) is 6.61 Å². The van der Waals surface area contributed by atoms with Crippen molar-refractivity contribution in [2.24, 2.45) is 0 Å². The number of rotatable bonds is 2. The highest BCUT2D eigenvalue weighted by molar-refractivity contribution is 7.10. The molecule has 20 heavy (non-hydrogen) atoms. The molecule has 1 atom stereocenters. The van der Waals surface area contributed by atoms with Gasteiger partial charge in [0, 0.05) is 10.6 Å². The van der Waals surface area contributed by atoms with Crippen LogP contribution in [0.15, 0.2) is 28.8 Å². The van der Waals surface area contributed by atoms with Crippen LogP contribution in [0, 0.1) is 11.3 Å². The maximum absolute atomic E-state index is 12.1. The summed E-state index contributed by atoms with van der Waals surface area (Å²) >= 11 is 1.38. The van der Waals surface area contributed by atoms with Gasteiger partial charge in [0.2, 0.25) is 0 Å². The van der Waals surface area contributed by atoms with E-state index >= 15 is 0 Å². The number of urea groups is 1. The number of nitrogens with zero attached hydrogens (tertiary/aromatic N) is 2. The van der Waals surface area contributed by atoms with Gasteiger partial charge in [0.1, 0.15) is 6.04 Å². The number of ether oxygens (including phenoxy) is 1. The van der Waals surface area contributed by atoms with E-state index in [2.05, 4.69) is 11.4 Å². The van der Waals surface area contributed by atoms with Crippen LogP contribution >= 0.6 is 11.3 Å². The van der Waals surface area contributed by atoms with Crippen molar-refractivity contribution in [3.05, 3.63) is 33.7 Å². The van der Waals surface area contributed by atoms with E-state index < -0.39 is 18.2 Å². The molecule has 0 aliphatic carbocycles. The van der Waals surface area contributed by atoms with Crippen molar-refractivity contribution in [3.63, 3.8) is 0 Å². The minimum atomic E-state index is -0.761. The number of imide groups is 1. The number of hydrogen-bond acceptors (Lipinski definition) is 5. The molecule has 2 heterocycles. The van der Waals surface area contributed by atoms with Gasteiger partial charge >= 0.3 is 12.1 Å². The fraction of sp³-hybridized carbons (Fsp3) is 0.308. The third-order valence-electron chi connectivity index (χ3n) is 2.85. The summed E-state index contributed by atoms with van der Waals surface area (Å²) in [7, 11) is 0. The summed E-state index contributed by atoms with van der Waals surface area (Å²) in [6, 6.07) is 4.34. The lowest BCUT2D eigenvalue weighted by molar-refractivity contribution is 0.104. The predicted molar refractivity (Wildman–Crippen MR) is 72.8 cm³/mol. The highest BCUT2D eigenvalue weighted by Crippen LogP contribution is 2.35. The first-order valence-corrected chi connectivity index (χ1v) is 6.89. The summed E-state index contributed by atoms with van der Waals surface area (Å²) in [6.07, 6.45) is -0.761. The van der Waals surface area contributed by atoms with Crippen LogP contribution in [-0.4, -0.2) is 23.6 Å². The molecule has 0 aromatic carbocycles. The van der Waals surface area contributed by atoms with Gasteiger partial charge in [-0.05, 0) is 25.3 Å². The lowest BCUT2D eigenvalue weighted by atomic mass is 10.0. The third kappa shape index (κ3) is 2.38. The van der Waals surface area contributed by atoms with E-state index in [0.717, 1.165) is 9.78 Å². The minimum absolute atomic E-state index is 0.157. The zero-order chi connectivity index (χ0) is 14.7. The number of carbonyl (C=O) groups excluding carboxylic acids is 2. The van der Waals surface area contributed by atoms with Gasteiger partial charge in [0.05, 0.1) is 18.2 Å². The van der Waals surface area contributed by atoms with Crippen LogP contribution in [0.3, 0.4) is 0 Å². The first-order valence-electron chi connectivity index (χ1n) is 6.01. The van der Waals surface area contributed by atoms with Crippen LogP contribution in [-0.2, 0) is 4.74 Å². The van der Waals surface area contributed by atoms with Crippen molar-refractivity contribution < 1.29 is 14.3 Å². The highest BCUT2D eigenvalue weighted by atomic mass is 32.1. The molecule has 1 aromatic rings. The van der Waals surface area contributed by atoms with E-state index in [0.29, 0.717) is 11.3 Å². The SMILES string of the molecule is CCOC(=O)N1C(=O)NC(C)=C(C#N)C1c1cccs1. The Morgan fingerprint density at radius 3 is 2.95 bits per heavy atom. The van der Waals surface area contributed by atoms with Crippen LogP contribution in [0.2, 0.25) is 0 Å². The maximum Gasteiger partial charge on any atom is 0.418 e. The number of nitriles is 1. The van der Waals surface area contributed by atoms with Gasteiger partial charge in [-0.1, -0.05) is 6.07 Å². The number of nitrogens with one attached hydrogen (secondary N) is 1. The summed E-state index contributed by atoms with van der Waals surface area (Å²) in [5.74, 6) is 0. The Labute approximate surface area is 120 Å². The second kappa shape index (κ2) is 5.75. The molecule has 1 aliphatic rings. The van der Waals surface area contributed by atoms with Gasteiger partial charge in [0.15, 0.2) is 0 Å². The number of amides is 3. The Kier molecular flexibility index (Phi) is 4.05. The van der Waals surface area contributed by atoms with Crippen LogP contribution in [0.25, 0.3) is 0 Å². The summed E-state index contributed by atoms with van der Waals surface area (Å²) in [6.45, 7) is 3.45. The van der Waals surface area contributed by atoms with Crippen molar-refractivity contribution in [1.29, 1.82) is 5.26 Å². The Balaban J connectivity index is 2.51. The average molecular weight is 291 g/mol. The van der Waals surface area contributed by atoms with Crippen molar-refractivity contribution in [2.75, 3.05) is 6.61 Å². The molecule has 1 unspecified atom stereocenters. The molecule has 3 amide bonds. The summed E-state index contributed by atoms with van der Waals surface area (Å²) < 4.78 is 4.91. The quantitative estimate of drug-likeness (QED) is 0.908. The van der Waals surface area contributed by atoms with Gasteiger partial charge < -0.3 is 10.1 Å². The van der Waals surface area contributed by atoms with Crippen LogP contribution in [0.4, 0.5) is 9.59 Å². The van der Waals surface area contributed by atoms with Gasteiger partial charge in [0.25, 0.3) is 0 Å². The second-order valence-electron chi connectivity index (χ2n) is 4.07. The van der Waals surface area contributed by atoms with Crippen molar-refractivity contribution in [1.82, 2.24) is 10.2 Å². The summed E-state index contributed by atoms with van der Waals surface area (Å²) in [4.78, 5) is 25.7. The minimum Gasteiger partial charge on any atom is -0.449 e. The molecule has 1 aromatic heterocycles. The number of thiophene rings is 1. The monoisotopic (exact) mass is 291 g/mol. The van der Waals surface area contributed by atoms with Gasteiger partial charge in [-0.2, -0.15) is 5.26 Å². The van der Waals surface area contributed by atoms with Crippen molar-refractivity contribution in [3.8, 4) is 6.07 Å². The van der Waals surface area contributed by atoms with E-state index in [1.54, 1.807) is 26.0 Å². The van der Waals surface area contributed by atoms with Gasteiger partial charge in [-0.25, -0.2) is 14.5 Å². The number of carbonyl (C=O) groups is 2. The molecule has 104 valence electrons. The third-order valence-corrected chi connectivity index (χ3v) is 3.77. The molecule has 6 nitrogen and oxygen atoms in total. The second-order valence-corrected chi connectivity index (χ2v) is 5.05. The molecule has 0 saturated carbocycles. The smallest absolute Gasteiger partial charge is 0.418 e. The molecular formula is C13H13N3O3S. The normalized spacial score (nSPS) is 18.6. The summed E-state index contributed by atoms with van der Waals surface area (Å²) in [5, 5.41) is 13.7. The molecule has 2 rings (SSSR count). The maximum atomic E-state index is 12.1. The van der Waals surface area contributed by atoms with E-state index in [9.17, 15) is 14.9 Å². The van der Waals surface area contributed by atoms with Crippen LogP contribution in [0.1, 0.15) is 24.8 Å². The molecule has 0 saturated heterocycles. The zero-order valence-electron chi connectivity index (χ0n) is 11.0. The number of hydrogen-bond donors (Lipinski definition) is 1. The average Bonchev–Trinajstić information content (AvgIpc) is 2.91. The van der Waals surface area contributed by atoms with Crippen LogP contribution in [0.5, 0.6) is 0 Å². The molecule has 7 heteroatoms. The Morgan fingerprint density at radius 1 is 1.65 bits per heavy atom. The number of allylic oxidation sites excluding steroid dienone is 1. The lowest BCUT2D eigenvalue weighted by Gasteiger charge is -2.33. The van der Waals surface area contributed by atoms with E-state index in [1.165, 1.54) is 11.3 Å². The molecular weight excluding hydrogens is 278 g/mol. The summed E-state index contributed by atoms with van der Waals surface area (Å²) in [5.41, 5.74) is 0.788. The zero-order valence-corrected chi connectivity index (χ0v) is 11.9. The lowest BCUT2D eigenvalue weighted by Crippen LogP contribution is -2.49. The molecule has 1 N–H and O–H groups in total. The Hall–Kier alpha value is -2.33. The fourth-order valence-electron chi connectivity index (χ4n) is 1.98. The Morgan fingerprint density at radius 2 is 2.40 bits per heavy atom. The fourth-order valence-corrected chi connectivity index (χ4v) is 2.81. The molecule has 1 aliphatic heterocycles. The van der Waals surface area contributed by atoms with Gasteiger partial charge in [-0.3, -0.25) is 0 Å². The van der Waals surface area contributed by atoms with Crippen molar-refractivity contribution in [2.45, 2.75) is 19.9 Å². The first-order chi connectivity index (χ1) is 9.60. The molecule has 0 spiro atoms. The Bertz CT molecular complexity index is 601. The molecule has 0 radical (unpaired) electrons. The highest BCUT2D eigenvalue weighted by Gasteiger charge is 2.40. The standard InChI is InChI=1S/C13H13N3O3S/c1-3-19-13(18)16-11(10-5-4-6-20-10)9(7-14)8(2)15-12(16)17/h4-6,11H,3H2,1-2H3,(H,15,17). The predicted octanol–water partition coefficient (Wildman–Crippen LogP) is 2.77. The van der Waals surface area contributed by atoms with Crippen LogP contribution < -0.4 is 5.32 Å². The van der Waals surface area contributed by atoms with Crippen molar-refractivity contribution >= 4 is 23.5 Å². The van der Waals surface area contributed by atoms with Gasteiger partial charge in [-0.15, -0.1) is 11.3 Å². The topological polar surface area (TPSA) is 82.4 Å². The first kappa shape index (κ1) is 14.1. The van der Waals surface area contributed by atoms with E-state index in [4.69, 9.17) is 4.74 Å². The largest absolute Gasteiger partial charge is 0.449 e.